The minimum absolute atomic E-state index is 0.0831. The Kier molecular flexibility index (Phi) is 4.39. The first kappa shape index (κ1) is 13.4. The van der Waals surface area contributed by atoms with Crippen molar-refractivity contribution in [3.05, 3.63) is 59.4 Å². The first-order chi connectivity index (χ1) is 9.13. The van der Waals surface area contributed by atoms with Gasteiger partial charge in [0.15, 0.2) is 0 Å². The molecule has 0 aliphatic carbocycles. The molecule has 0 saturated heterocycles. The fourth-order valence-corrected chi connectivity index (χ4v) is 2.01. The molecule has 0 bridgehead atoms. The van der Waals surface area contributed by atoms with Crippen LogP contribution in [-0.2, 0) is 24.7 Å². The highest BCUT2D eigenvalue weighted by Gasteiger charge is 2.03. The van der Waals surface area contributed by atoms with Crippen molar-refractivity contribution in [2.75, 3.05) is 6.54 Å². The van der Waals surface area contributed by atoms with E-state index in [1.807, 2.05) is 49.0 Å². The number of hydrogen-bond acceptors (Lipinski definition) is 1. The summed E-state index contributed by atoms with van der Waals surface area (Å²) in [7, 11) is 2.00. The Morgan fingerprint density at radius 1 is 1.16 bits per heavy atom. The molecule has 3 nitrogen and oxygen atoms in total. The zero-order chi connectivity index (χ0) is 13.7. The number of carbonyl (C=O) groups is 1. The van der Waals surface area contributed by atoms with Gasteiger partial charge in [-0.15, -0.1) is 0 Å². The minimum Gasteiger partial charge on any atom is -0.357 e. The van der Waals surface area contributed by atoms with E-state index in [1.54, 1.807) is 0 Å². The van der Waals surface area contributed by atoms with Crippen molar-refractivity contribution in [2.45, 2.75) is 19.8 Å². The van der Waals surface area contributed by atoms with Crippen LogP contribution in [0.15, 0.2) is 42.7 Å². The third kappa shape index (κ3) is 4.28. The first-order valence-electron chi connectivity index (χ1n) is 6.56. The van der Waals surface area contributed by atoms with Crippen LogP contribution in [0.4, 0.5) is 0 Å². The van der Waals surface area contributed by atoms with Gasteiger partial charge in [-0.05, 0) is 30.5 Å². The van der Waals surface area contributed by atoms with E-state index in [0.717, 1.165) is 12.0 Å². The lowest BCUT2D eigenvalue weighted by Crippen LogP contribution is -2.27. The molecule has 2 aromatic rings. The van der Waals surface area contributed by atoms with Crippen LogP contribution in [0.2, 0.25) is 0 Å². The van der Waals surface area contributed by atoms with Gasteiger partial charge in [0.25, 0.3) is 0 Å². The molecule has 1 N–H and O–H groups in total. The van der Waals surface area contributed by atoms with Crippen molar-refractivity contribution in [1.29, 1.82) is 0 Å². The number of rotatable bonds is 5. The summed E-state index contributed by atoms with van der Waals surface area (Å²) >= 11 is 0. The van der Waals surface area contributed by atoms with Gasteiger partial charge in [-0.2, -0.15) is 0 Å². The van der Waals surface area contributed by atoms with Gasteiger partial charge in [-0.3, -0.25) is 4.79 Å². The summed E-state index contributed by atoms with van der Waals surface area (Å²) in [6.45, 7) is 2.73. The molecule has 3 heteroatoms. The maximum atomic E-state index is 11.8. The Balaban J connectivity index is 1.74. The summed E-state index contributed by atoms with van der Waals surface area (Å²) in [6.07, 6.45) is 5.42. The summed E-state index contributed by atoms with van der Waals surface area (Å²) < 4.78 is 2.02. The maximum Gasteiger partial charge on any atom is 0.224 e. The second-order valence-electron chi connectivity index (χ2n) is 4.95. The fourth-order valence-electron chi connectivity index (χ4n) is 2.01. The van der Waals surface area contributed by atoms with Gasteiger partial charge in [-0.25, -0.2) is 0 Å². The monoisotopic (exact) mass is 256 g/mol. The van der Waals surface area contributed by atoms with Crippen LogP contribution in [0.5, 0.6) is 0 Å². The predicted octanol–water partition coefficient (Wildman–Crippen LogP) is 2.23. The van der Waals surface area contributed by atoms with Crippen molar-refractivity contribution in [3.63, 3.8) is 0 Å². The molecule has 100 valence electrons. The summed E-state index contributed by atoms with van der Waals surface area (Å²) in [6, 6.07) is 10.2. The van der Waals surface area contributed by atoms with E-state index in [0.29, 0.717) is 13.0 Å². The lowest BCUT2D eigenvalue weighted by molar-refractivity contribution is -0.120. The summed E-state index contributed by atoms with van der Waals surface area (Å²) in [5.74, 6) is 0.0831. The van der Waals surface area contributed by atoms with Gasteiger partial charge in [0.2, 0.25) is 5.91 Å². The smallest absolute Gasteiger partial charge is 0.224 e. The second kappa shape index (κ2) is 6.23. The molecule has 0 unspecified atom stereocenters. The number of hydrogen-bond donors (Lipinski definition) is 1. The molecule has 0 radical (unpaired) electrons. The molecule has 0 saturated carbocycles. The van der Waals surface area contributed by atoms with Crippen LogP contribution < -0.4 is 5.32 Å². The Bertz CT molecular complexity index is 540. The standard InChI is InChI=1S/C16H20N2O/c1-13-3-5-14(6-4-13)11-16(19)17-9-7-15-8-10-18(2)12-15/h3-6,8,10,12H,7,9,11H2,1-2H3,(H,17,19). The second-order valence-corrected chi connectivity index (χ2v) is 4.95. The van der Waals surface area contributed by atoms with Gasteiger partial charge in [-0.1, -0.05) is 29.8 Å². The number of benzene rings is 1. The van der Waals surface area contributed by atoms with E-state index in [4.69, 9.17) is 0 Å². The third-order valence-corrected chi connectivity index (χ3v) is 3.11. The van der Waals surface area contributed by atoms with Gasteiger partial charge < -0.3 is 9.88 Å². The van der Waals surface area contributed by atoms with Crippen LogP contribution in [-0.4, -0.2) is 17.0 Å². The van der Waals surface area contributed by atoms with Crippen molar-refractivity contribution in [2.24, 2.45) is 7.05 Å². The SMILES string of the molecule is Cc1ccc(CC(=O)NCCc2ccn(C)c2)cc1. The highest BCUT2D eigenvalue weighted by molar-refractivity contribution is 5.78. The normalized spacial score (nSPS) is 10.4. The molecule has 1 heterocycles. The van der Waals surface area contributed by atoms with Gasteiger partial charge in [0.1, 0.15) is 0 Å². The van der Waals surface area contributed by atoms with E-state index in [9.17, 15) is 4.79 Å². The molecule has 0 aliphatic heterocycles. The topological polar surface area (TPSA) is 34.0 Å². The molecule has 0 aliphatic rings. The molecule has 2 rings (SSSR count). The third-order valence-electron chi connectivity index (χ3n) is 3.11. The molecule has 0 spiro atoms. The Morgan fingerprint density at radius 3 is 2.53 bits per heavy atom. The highest BCUT2D eigenvalue weighted by atomic mass is 16.1. The molecule has 1 aromatic carbocycles. The number of carbonyl (C=O) groups excluding carboxylic acids is 1. The van der Waals surface area contributed by atoms with Gasteiger partial charge >= 0.3 is 0 Å². The van der Waals surface area contributed by atoms with Crippen LogP contribution in [0.1, 0.15) is 16.7 Å². The zero-order valence-electron chi connectivity index (χ0n) is 11.5. The molecule has 1 aromatic heterocycles. The first-order valence-corrected chi connectivity index (χ1v) is 6.56. The summed E-state index contributed by atoms with van der Waals surface area (Å²) in [5.41, 5.74) is 3.52. The quantitative estimate of drug-likeness (QED) is 0.874. The maximum absolute atomic E-state index is 11.8. The number of aromatic nitrogens is 1. The number of amides is 1. The highest BCUT2D eigenvalue weighted by Crippen LogP contribution is 2.04. The fraction of sp³-hybridized carbons (Fsp3) is 0.312. The largest absolute Gasteiger partial charge is 0.357 e. The Morgan fingerprint density at radius 2 is 1.89 bits per heavy atom. The average Bonchev–Trinajstić information content (AvgIpc) is 2.78. The Hall–Kier alpha value is -2.03. The van der Waals surface area contributed by atoms with Crippen LogP contribution in [0, 0.1) is 6.92 Å². The van der Waals surface area contributed by atoms with Crippen molar-refractivity contribution >= 4 is 5.91 Å². The minimum atomic E-state index is 0.0831. The Labute approximate surface area is 114 Å². The van der Waals surface area contributed by atoms with Crippen LogP contribution in [0.25, 0.3) is 0 Å². The van der Waals surface area contributed by atoms with Gasteiger partial charge in [0.05, 0.1) is 6.42 Å². The number of nitrogens with zero attached hydrogens (tertiary/aromatic N) is 1. The van der Waals surface area contributed by atoms with E-state index in [2.05, 4.69) is 17.6 Å². The molecule has 0 fully saturated rings. The van der Waals surface area contributed by atoms with E-state index < -0.39 is 0 Å². The van der Waals surface area contributed by atoms with E-state index in [1.165, 1.54) is 11.1 Å². The van der Waals surface area contributed by atoms with E-state index >= 15 is 0 Å². The average molecular weight is 256 g/mol. The predicted molar refractivity (Wildman–Crippen MR) is 77.0 cm³/mol. The van der Waals surface area contributed by atoms with Gasteiger partial charge in [0, 0.05) is 26.0 Å². The molecule has 1 amide bonds. The summed E-state index contributed by atoms with van der Waals surface area (Å²) in [5, 5.41) is 2.96. The van der Waals surface area contributed by atoms with Crippen LogP contribution in [0.3, 0.4) is 0 Å². The molecular weight excluding hydrogens is 236 g/mol. The van der Waals surface area contributed by atoms with Crippen LogP contribution >= 0.6 is 0 Å². The molecule has 0 atom stereocenters. The zero-order valence-corrected chi connectivity index (χ0v) is 11.5. The van der Waals surface area contributed by atoms with Crippen molar-refractivity contribution in [1.82, 2.24) is 9.88 Å². The number of aryl methyl sites for hydroxylation is 2. The molecule has 19 heavy (non-hydrogen) atoms. The van der Waals surface area contributed by atoms with Crippen molar-refractivity contribution < 1.29 is 4.79 Å². The van der Waals surface area contributed by atoms with E-state index in [-0.39, 0.29) is 5.91 Å². The van der Waals surface area contributed by atoms with Crippen molar-refractivity contribution in [3.8, 4) is 0 Å². The lowest BCUT2D eigenvalue weighted by atomic mass is 10.1. The molecular formula is C16H20N2O. The lowest BCUT2D eigenvalue weighted by Gasteiger charge is -2.05. The summed E-state index contributed by atoms with van der Waals surface area (Å²) in [4.78, 5) is 11.8. The number of nitrogens with one attached hydrogen (secondary N) is 1.